The van der Waals surface area contributed by atoms with Gasteiger partial charge in [0, 0.05) is 5.92 Å². The van der Waals surface area contributed by atoms with Gasteiger partial charge in [-0.15, -0.1) is 0 Å². The SMILES string of the molecule is COc1ccc(C(CN)Cc2ccc(OC(C)C)c(Cl)c2)c(C)c1. The summed E-state index contributed by atoms with van der Waals surface area (Å²) in [5, 5.41) is 0.642. The number of hydrogen-bond donors (Lipinski definition) is 1. The van der Waals surface area contributed by atoms with Crippen LogP contribution in [0, 0.1) is 6.92 Å². The summed E-state index contributed by atoms with van der Waals surface area (Å²) in [4.78, 5) is 0. The minimum absolute atomic E-state index is 0.104. The summed E-state index contributed by atoms with van der Waals surface area (Å²) < 4.78 is 11.0. The molecule has 24 heavy (non-hydrogen) atoms. The maximum atomic E-state index is 6.34. The minimum Gasteiger partial charge on any atom is -0.497 e. The molecule has 0 spiro atoms. The van der Waals surface area contributed by atoms with Crippen LogP contribution in [0.2, 0.25) is 5.02 Å². The molecule has 0 aliphatic rings. The van der Waals surface area contributed by atoms with E-state index in [0.29, 0.717) is 11.6 Å². The van der Waals surface area contributed by atoms with E-state index in [2.05, 4.69) is 19.1 Å². The lowest BCUT2D eigenvalue weighted by atomic mass is 9.89. The van der Waals surface area contributed by atoms with E-state index in [-0.39, 0.29) is 12.0 Å². The Morgan fingerprint density at radius 2 is 1.88 bits per heavy atom. The molecule has 0 aliphatic carbocycles. The molecule has 0 bridgehead atoms. The van der Waals surface area contributed by atoms with Crippen molar-refractivity contribution < 1.29 is 9.47 Å². The van der Waals surface area contributed by atoms with E-state index in [1.165, 1.54) is 11.1 Å². The van der Waals surface area contributed by atoms with E-state index in [9.17, 15) is 0 Å². The number of aryl methyl sites for hydroxylation is 1. The van der Waals surface area contributed by atoms with Crippen molar-refractivity contribution in [1.29, 1.82) is 0 Å². The highest BCUT2D eigenvalue weighted by molar-refractivity contribution is 6.32. The van der Waals surface area contributed by atoms with E-state index in [1.807, 2.05) is 38.1 Å². The molecule has 0 fully saturated rings. The van der Waals surface area contributed by atoms with Crippen LogP contribution in [0.15, 0.2) is 36.4 Å². The van der Waals surface area contributed by atoms with E-state index in [4.69, 9.17) is 26.8 Å². The lowest BCUT2D eigenvalue weighted by molar-refractivity contribution is 0.242. The summed E-state index contributed by atoms with van der Waals surface area (Å²) in [6.45, 7) is 6.64. The molecule has 2 rings (SSSR count). The maximum Gasteiger partial charge on any atom is 0.138 e. The predicted octanol–water partition coefficient (Wildman–Crippen LogP) is 4.73. The van der Waals surface area contributed by atoms with Crippen molar-refractivity contribution in [1.82, 2.24) is 0 Å². The second-order valence-corrected chi connectivity index (χ2v) is 6.70. The Hall–Kier alpha value is -1.71. The van der Waals surface area contributed by atoms with Gasteiger partial charge in [0.1, 0.15) is 11.5 Å². The quantitative estimate of drug-likeness (QED) is 0.787. The second kappa shape index (κ2) is 8.41. The normalized spacial score (nSPS) is 12.3. The van der Waals surface area contributed by atoms with Crippen molar-refractivity contribution in [2.75, 3.05) is 13.7 Å². The number of methoxy groups -OCH3 is 1. The van der Waals surface area contributed by atoms with Crippen LogP contribution in [-0.2, 0) is 6.42 Å². The molecule has 0 heterocycles. The van der Waals surface area contributed by atoms with Crippen LogP contribution in [0.5, 0.6) is 11.5 Å². The first kappa shape index (κ1) is 18.6. The van der Waals surface area contributed by atoms with Crippen molar-refractivity contribution in [3.8, 4) is 11.5 Å². The first-order valence-corrected chi connectivity index (χ1v) is 8.62. The largest absolute Gasteiger partial charge is 0.497 e. The van der Waals surface area contributed by atoms with Crippen molar-refractivity contribution in [3.63, 3.8) is 0 Å². The fraction of sp³-hybridized carbons (Fsp3) is 0.400. The molecule has 2 aromatic carbocycles. The average Bonchev–Trinajstić information content (AvgIpc) is 2.55. The summed E-state index contributed by atoms with van der Waals surface area (Å²) in [5.74, 6) is 1.83. The Kier molecular flexibility index (Phi) is 6.52. The molecule has 1 atom stereocenters. The van der Waals surface area contributed by atoms with Crippen LogP contribution in [0.25, 0.3) is 0 Å². The van der Waals surface area contributed by atoms with E-state index < -0.39 is 0 Å². The van der Waals surface area contributed by atoms with Gasteiger partial charge >= 0.3 is 0 Å². The zero-order chi connectivity index (χ0) is 17.7. The van der Waals surface area contributed by atoms with Crippen LogP contribution in [0.3, 0.4) is 0 Å². The number of hydrogen-bond acceptors (Lipinski definition) is 3. The lowest BCUT2D eigenvalue weighted by Gasteiger charge is -2.19. The third-order valence-corrected chi connectivity index (χ3v) is 4.34. The number of halogens is 1. The molecular weight excluding hydrogens is 322 g/mol. The number of nitrogens with two attached hydrogens (primary N) is 1. The highest BCUT2D eigenvalue weighted by Crippen LogP contribution is 2.30. The number of benzene rings is 2. The number of ether oxygens (including phenoxy) is 2. The Bertz CT molecular complexity index is 685. The van der Waals surface area contributed by atoms with E-state index >= 15 is 0 Å². The molecule has 2 aromatic rings. The Balaban J connectivity index is 2.20. The first-order valence-electron chi connectivity index (χ1n) is 8.24. The Morgan fingerprint density at radius 3 is 2.42 bits per heavy atom. The summed E-state index contributed by atoms with van der Waals surface area (Å²) in [5.41, 5.74) is 9.63. The molecular formula is C20H26ClNO2. The highest BCUT2D eigenvalue weighted by Gasteiger charge is 2.15. The van der Waals surface area contributed by atoms with Gasteiger partial charge in [-0.05, 0) is 74.7 Å². The zero-order valence-electron chi connectivity index (χ0n) is 14.8. The minimum atomic E-state index is 0.104. The third-order valence-electron chi connectivity index (χ3n) is 4.04. The van der Waals surface area contributed by atoms with Crippen molar-refractivity contribution in [3.05, 3.63) is 58.1 Å². The van der Waals surface area contributed by atoms with Crippen LogP contribution in [0.1, 0.15) is 36.5 Å². The molecule has 2 N–H and O–H groups in total. The summed E-state index contributed by atoms with van der Waals surface area (Å²) >= 11 is 6.34. The summed E-state index contributed by atoms with van der Waals surface area (Å²) in [7, 11) is 1.68. The molecule has 0 saturated carbocycles. The fourth-order valence-electron chi connectivity index (χ4n) is 2.86. The van der Waals surface area contributed by atoms with Crippen LogP contribution in [0.4, 0.5) is 0 Å². The van der Waals surface area contributed by atoms with Gasteiger partial charge < -0.3 is 15.2 Å². The van der Waals surface area contributed by atoms with Gasteiger partial charge in [-0.1, -0.05) is 23.7 Å². The molecule has 130 valence electrons. The summed E-state index contributed by atoms with van der Waals surface area (Å²) in [6.07, 6.45) is 0.942. The molecule has 0 radical (unpaired) electrons. The van der Waals surface area contributed by atoms with Crippen LogP contribution in [-0.4, -0.2) is 19.8 Å². The molecule has 0 saturated heterocycles. The van der Waals surface area contributed by atoms with Crippen molar-refractivity contribution in [2.45, 2.75) is 39.2 Å². The first-order chi connectivity index (χ1) is 11.4. The van der Waals surface area contributed by atoms with Crippen LogP contribution >= 0.6 is 11.6 Å². The maximum absolute atomic E-state index is 6.34. The molecule has 0 aliphatic heterocycles. The number of rotatable bonds is 7. The molecule has 3 nitrogen and oxygen atoms in total. The van der Waals surface area contributed by atoms with Gasteiger partial charge in [0.2, 0.25) is 0 Å². The predicted molar refractivity (Wildman–Crippen MR) is 100 cm³/mol. The van der Waals surface area contributed by atoms with E-state index in [1.54, 1.807) is 7.11 Å². The van der Waals surface area contributed by atoms with Crippen molar-refractivity contribution in [2.24, 2.45) is 5.73 Å². The lowest BCUT2D eigenvalue weighted by Crippen LogP contribution is -2.16. The fourth-order valence-corrected chi connectivity index (χ4v) is 3.11. The summed E-state index contributed by atoms with van der Waals surface area (Å²) in [6, 6.07) is 12.1. The van der Waals surface area contributed by atoms with Gasteiger partial charge in [-0.2, -0.15) is 0 Å². The van der Waals surface area contributed by atoms with Gasteiger partial charge in [-0.25, -0.2) is 0 Å². The molecule has 4 heteroatoms. The van der Waals surface area contributed by atoms with Gasteiger partial charge in [0.25, 0.3) is 0 Å². The standard InChI is InChI=1S/C20H26ClNO2/c1-13(2)24-20-8-5-15(11-19(20)21)10-16(12-22)18-7-6-17(23-4)9-14(18)3/h5-9,11,13,16H,10,12,22H2,1-4H3. The smallest absolute Gasteiger partial charge is 0.138 e. The van der Waals surface area contributed by atoms with Gasteiger partial charge in [0.05, 0.1) is 18.2 Å². The molecule has 1 unspecified atom stereocenters. The van der Waals surface area contributed by atoms with Crippen molar-refractivity contribution >= 4 is 11.6 Å². The monoisotopic (exact) mass is 347 g/mol. The van der Waals surface area contributed by atoms with E-state index in [0.717, 1.165) is 23.5 Å². The van der Waals surface area contributed by atoms with Gasteiger partial charge in [-0.3, -0.25) is 0 Å². The zero-order valence-corrected chi connectivity index (χ0v) is 15.6. The molecule has 0 aromatic heterocycles. The highest BCUT2D eigenvalue weighted by atomic mass is 35.5. The average molecular weight is 348 g/mol. The Morgan fingerprint density at radius 1 is 1.12 bits per heavy atom. The van der Waals surface area contributed by atoms with Crippen LogP contribution < -0.4 is 15.2 Å². The Labute approximate surface area is 149 Å². The second-order valence-electron chi connectivity index (χ2n) is 6.29. The topological polar surface area (TPSA) is 44.5 Å². The van der Waals surface area contributed by atoms with Gasteiger partial charge in [0.15, 0.2) is 0 Å². The third kappa shape index (κ3) is 4.65. The molecule has 0 amide bonds.